The molecule has 0 aromatic heterocycles. The average molecular weight is 337 g/mol. The molecule has 25 heavy (non-hydrogen) atoms. The van der Waals surface area contributed by atoms with Crippen molar-refractivity contribution in [3.63, 3.8) is 0 Å². The molecule has 130 valence electrons. The minimum Gasteiger partial charge on any atom is -0.494 e. The van der Waals surface area contributed by atoms with Gasteiger partial charge in [-0.2, -0.15) is 0 Å². The molecule has 0 aliphatic carbocycles. The van der Waals surface area contributed by atoms with Gasteiger partial charge in [-0.15, -0.1) is 0 Å². The second-order valence-corrected chi connectivity index (χ2v) is 5.96. The van der Waals surface area contributed by atoms with Crippen molar-refractivity contribution in [2.45, 2.75) is 26.7 Å². The Balaban J connectivity index is 1.85. The van der Waals surface area contributed by atoms with Crippen LogP contribution in [-0.4, -0.2) is 25.0 Å². The number of urea groups is 1. The summed E-state index contributed by atoms with van der Waals surface area (Å²) in [7, 11) is 0. The third-order valence-corrected chi connectivity index (χ3v) is 3.99. The predicted molar refractivity (Wildman–Crippen MR) is 102 cm³/mol. The lowest BCUT2D eigenvalue weighted by atomic mass is 10.2. The van der Waals surface area contributed by atoms with Crippen molar-refractivity contribution in [2.24, 2.45) is 4.99 Å². The Bertz CT molecular complexity index is 769. The number of rotatable bonds is 4. The summed E-state index contributed by atoms with van der Waals surface area (Å²) in [4.78, 5) is 19.1. The molecule has 0 bridgehead atoms. The molecule has 3 rings (SSSR count). The number of hydrogen-bond acceptors (Lipinski definition) is 3. The molecule has 1 aliphatic heterocycles. The fourth-order valence-electron chi connectivity index (χ4n) is 2.85. The first-order valence-corrected chi connectivity index (χ1v) is 8.61. The molecule has 2 aromatic carbocycles. The van der Waals surface area contributed by atoms with Crippen molar-refractivity contribution in [1.29, 1.82) is 0 Å². The summed E-state index contributed by atoms with van der Waals surface area (Å²) in [6.07, 6.45) is 1.77. The van der Waals surface area contributed by atoms with Crippen LogP contribution < -0.4 is 15.0 Å². The van der Waals surface area contributed by atoms with Gasteiger partial charge in [0.2, 0.25) is 0 Å². The Labute approximate surface area is 148 Å². The van der Waals surface area contributed by atoms with Gasteiger partial charge in [0.25, 0.3) is 0 Å². The number of carbonyl (C=O) groups is 1. The highest BCUT2D eigenvalue weighted by Gasteiger charge is 2.23. The second-order valence-electron chi connectivity index (χ2n) is 5.96. The number of nitrogens with one attached hydrogen (secondary N) is 1. The maximum absolute atomic E-state index is 12.9. The summed E-state index contributed by atoms with van der Waals surface area (Å²) in [5.41, 5.74) is 2.66. The molecule has 5 heteroatoms. The zero-order valence-corrected chi connectivity index (χ0v) is 14.7. The lowest BCUT2D eigenvalue weighted by Crippen LogP contribution is -2.39. The van der Waals surface area contributed by atoms with E-state index >= 15 is 0 Å². The van der Waals surface area contributed by atoms with E-state index in [1.807, 2.05) is 62.4 Å². The number of benzene rings is 2. The highest BCUT2D eigenvalue weighted by Crippen LogP contribution is 2.24. The van der Waals surface area contributed by atoms with Crippen LogP contribution in [0.1, 0.15) is 25.3 Å². The number of aryl methyl sites for hydroxylation is 1. The summed E-state index contributed by atoms with van der Waals surface area (Å²) in [5.74, 6) is 1.59. The Morgan fingerprint density at radius 1 is 1.24 bits per heavy atom. The topological polar surface area (TPSA) is 53.9 Å². The summed E-state index contributed by atoms with van der Waals surface area (Å²) < 4.78 is 5.49. The van der Waals surface area contributed by atoms with Crippen LogP contribution in [0.4, 0.5) is 16.2 Å². The molecule has 2 aromatic rings. The number of hydrogen-bond donors (Lipinski definition) is 1. The molecular weight excluding hydrogens is 314 g/mol. The van der Waals surface area contributed by atoms with E-state index in [2.05, 4.69) is 10.3 Å². The van der Waals surface area contributed by atoms with E-state index in [0.29, 0.717) is 6.61 Å². The molecule has 0 fully saturated rings. The number of anilines is 2. The zero-order chi connectivity index (χ0) is 17.6. The number of amidine groups is 1. The van der Waals surface area contributed by atoms with E-state index in [0.717, 1.165) is 47.9 Å². The monoisotopic (exact) mass is 337 g/mol. The molecular formula is C20H23N3O2. The Morgan fingerprint density at radius 3 is 2.68 bits per heavy atom. The van der Waals surface area contributed by atoms with Crippen LogP contribution in [0.25, 0.3) is 0 Å². The Morgan fingerprint density at radius 2 is 2.04 bits per heavy atom. The molecule has 1 N–H and O–H groups in total. The van der Waals surface area contributed by atoms with Gasteiger partial charge >= 0.3 is 6.03 Å². The lowest BCUT2D eigenvalue weighted by molar-refractivity contribution is 0.259. The van der Waals surface area contributed by atoms with Crippen molar-refractivity contribution in [3.8, 4) is 5.75 Å². The highest BCUT2D eigenvalue weighted by atomic mass is 16.5. The fraction of sp³-hybridized carbons (Fsp3) is 0.300. The number of ether oxygens (including phenoxy) is 1. The minimum atomic E-state index is -0.199. The average Bonchev–Trinajstić information content (AvgIpc) is 3.11. The molecule has 1 aliphatic rings. The fourth-order valence-corrected chi connectivity index (χ4v) is 2.85. The molecule has 2 amide bonds. The molecule has 0 spiro atoms. The highest BCUT2D eigenvalue weighted by molar-refractivity contribution is 6.20. The SMILES string of the molecule is CCOc1ccc(N(C(=O)Nc2cccc(C)c2)C2=NCCC2)cc1. The first-order chi connectivity index (χ1) is 12.2. The van der Waals surface area contributed by atoms with E-state index in [9.17, 15) is 4.79 Å². The Hall–Kier alpha value is -2.82. The van der Waals surface area contributed by atoms with Gasteiger partial charge in [0, 0.05) is 18.7 Å². The first-order valence-electron chi connectivity index (χ1n) is 8.61. The van der Waals surface area contributed by atoms with Crippen LogP contribution in [0.3, 0.4) is 0 Å². The van der Waals surface area contributed by atoms with Crippen LogP contribution in [0.5, 0.6) is 5.75 Å². The van der Waals surface area contributed by atoms with Crippen LogP contribution in [0, 0.1) is 6.92 Å². The number of aliphatic imine (C=N–C) groups is 1. The summed E-state index contributed by atoms with van der Waals surface area (Å²) in [6.45, 7) is 5.33. The van der Waals surface area contributed by atoms with Gasteiger partial charge in [0.05, 0.1) is 12.3 Å². The van der Waals surface area contributed by atoms with E-state index in [4.69, 9.17) is 4.74 Å². The molecule has 0 unspecified atom stereocenters. The first kappa shape index (κ1) is 17.0. The van der Waals surface area contributed by atoms with Gasteiger partial charge in [0.15, 0.2) is 0 Å². The molecule has 0 atom stereocenters. The van der Waals surface area contributed by atoms with Gasteiger partial charge in [-0.1, -0.05) is 12.1 Å². The van der Waals surface area contributed by atoms with Crippen molar-refractivity contribution in [3.05, 3.63) is 54.1 Å². The number of amides is 2. The van der Waals surface area contributed by atoms with Gasteiger partial charge in [0.1, 0.15) is 11.6 Å². The van der Waals surface area contributed by atoms with Gasteiger partial charge in [-0.3, -0.25) is 9.89 Å². The van der Waals surface area contributed by atoms with Crippen molar-refractivity contribution < 1.29 is 9.53 Å². The second kappa shape index (κ2) is 7.83. The van der Waals surface area contributed by atoms with Crippen LogP contribution in [0.15, 0.2) is 53.5 Å². The van der Waals surface area contributed by atoms with Gasteiger partial charge in [-0.25, -0.2) is 4.79 Å². The van der Waals surface area contributed by atoms with E-state index in [-0.39, 0.29) is 6.03 Å². The van der Waals surface area contributed by atoms with Crippen LogP contribution in [-0.2, 0) is 0 Å². The van der Waals surface area contributed by atoms with Crippen LogP contribution >= 0.6 is 0 Å². The van der Waals surface area contributed by atoms with E-state index < -0.39 is 0 Å². The van der Waals surface area contributed by atoms with E-state index in [1.165, 1.54) is 0 Å². The molecule has 0 saturated carbocycles. The summed E-state index contributed by atoms with van der Waals surface area (Å²) in [6, 6.07) is 15.1. The minimum absolute atomic E-state index is 0.199. The van der Waals surface area contributed by atoms with Crippen molar-refractivity contribution in [1.82, 2.24) is 0 Å². The quantitative estimate of drug-likeness (QED) is 0.885. The van der Waals surface area contributed by atoms with E-state index in [1.54, 1.807) is 4.90 Å². The number of carbonyl (C=O) groups excluding carboxylic acids is 1. The van der Waals surface area contributed by atoms with Gasteiger partial charge in [-0.05, 0) is 62.2 Å². The maximum atomic E-state index is 12.9. The molecule has 5 nitrogen and oxygen atoms in total. The summed E-state index contributed by atoms with van der Waals surface area (Å²) in [5, 5.41) is 2.97. The molecule has 0 saturated heterocycles. The zero-order valence-electron chi connectivity index (χ0n) is 14.7. The van der Waals surface area contributed by atoms with Crippen molar-refractivity contribution >= 4 is 23.2 Å². The predicted octanol–water partition coefficient (Wildman–Crippen LogP) is 4.62. The summed E-state index contributed by atoms with van der Waals surface area (Å²) >= 11 is 0. The standard InChI is InChI=1S/C20H23N3O2/c1-3-25-18-11-9-17(10-12-18)23(19-8-5-13-21-19)20(24)22-16-7-4-6-15(2)14-16/h4,6-7,9-12,14H,3,5,8,13H2,1-2H3,(H,22,24). The Kier molecular flexibility index (Phi) is 5.33. The number of nitrogens with zero attached hydrogens (tertiary/aromatic N) is 2. The smallest absolute Gasteiger partial charge is 0.331 e. The third kappa shape index (κ3) is 4.18. The normalized spacial score (nSPS) is 13.3. The van der Waals surface area contributed by atoms with Gasteiger partial charge < -0.3 is 10.1 Å². The largest absolute Gasteiger partial charge is 0.494 e. The molecule has 1 heterocycles. The maximum Gasteiger partial charge on any atom is 0.331 e. The molecule has 0 radical (unpaired) electrons. The third-order valence-electron chi connectivity index (χ3n) is 3.99. The lowest BCUT2D eigenvalue weighted by Gasteiger charge is -2.23. The van der Waals surface area contributed by atoms with Crippen molar-refractivity contribution in [2.75, 3.05) is 23.4 Å². The van der Waals surface area contributed by atoms with Crippen LogP contribution in [0.2, 0.25) is 0 Å².